The third-order valence-corrected chi connectivity index (χ3v) is 7.33. The van der Waals surface area contributed by atoms with Gasteiger partial charge in [-0.05, 0) is 93.9 Å². The summed E-state index contributed by atoms with van der Waals surface area (Å²) >= 11 is 0. The van der Waals surface area contributed by atoms with Crippen LogP contribution in [0.1, 0.15) is 107 Å². The van der Waals surface area contributed by atoms with E-state index in [0.717, 1.165) is 63.5 Å². The quantitative estimate of drug-likeness (QED) is 0.387. The topological polar surface area (TPSA) is 65.3 Å². The molecule has 0 unspecified atom stereocenters. The molecule has 0 aromatic carbocycles. The van der Waals surface area contributed by atoms with Crippen molar-refractivity contribution in [3.05, 3.63) is 0 Å². The largest absolute Gasteiger partial charge is 0.335 e. The van der Waals surface area contributed by atoms with Crippen molar-refractivity contribution in [1.29, 1.82) is 0 Å². The number of piperidine rings is 2. The van der Waals surface area contributed by atoms with E-state index in [1.54, 1.807) is 0 Å². The molecule has 0 spiro atoms. The Labute approximate surface area is 195 Å². The van der Waals surface area contributed by atoms with Crippen LogP contribution in [0.25, 0.3) is 0 Å². The van der Waals surface area contributed by atoms with E-state index >= 15 is 0 Å². The highest BCUT2D eigenvalue weighted by Gasteiger charge is 2.45. The summed E-state index contributed by atoms with van der Waals surface area (Å²) < 4.78 is 0. The summed E-state index contributed by atoms with van der Waals surface area (Å²) in [6.45, 7) is 19.2. The standard InChI is InChI=1S/C26H46N4O2/c1-10-11-12-20(28-22-15-25(6,7)30(19-32)26(8,9)16-22)17-27-21-13-23(2,3)29(18-31)24(4,5)14-21/h17-19,21-22H,10-16H2,1-9H3. The Morgan fingerprint density at radius 3 is 1.56 bits per heavy atom. The fourth-order valence-electron chi connectivity index (χ4n) is 6.20. The maximum Gasteiger partial charge on any atom is 0.210 e. The molecule has 32 heavy (non-hydrogen) atoms. The molecule has 0 aromatic rings. The summed E-state index contributed by atoms with van der Waals surface area (Å²) in [4.78, 5) is 37.5. The van der Waals surface area contributed by atoms with E-state index in [1.807, 2.05) is 16.0 Å². The first-order valence-corrected chi connectivity index (χ1v) is 12.3. The molecule has 2 rings (SSSR count). The molecule has 2 aliphatic heterocycles. The van der Waals surface area contributed by atoms with Crippen LogP contribution in [0.5, 0.6) is 0 Å². The average molecular weight is 447 g/mol. The van der Waals surface area contributed by atoms with E-state index in [2.05, 4.69) is 62.3 Å². The zero-order valence-corrected chi connectivity index (χ0v) is 21.9. The van der Waals surface area contributed by atoms with Crippen LogP contribution in [0.4, 0.5) is 0 Å². The molecule has 2 amide bonds. The summed E-state index contributed by atoms with van der Waals surface area (Å²) in [6, 6.07) is 0.354. The highest BCUT2D eigenvalue weighted by Crippen LogP contribution is 2.39. The first kappa shape index (κ1) is 26.5. The van der Waals surface area contributed by atoms with Gasteiger partial charge in [0.1, 0.15) is 0 Å². The van der Waals surface area contributed by atoms with Crippen molar-refractivity contribution in [1.82, 2.24) is 9.80 Å². The molecule has 0 aliphatic carbocycles. The molecule has 6 heteroatoms. The van der Waals surface area contributed by atoms with Crippen LogP contribution in [-0.2, 0) is 9.59 Å². The third-order valence-electron chi connectivity index (χ3n) is 7.33. The summed E-state index contributed by atoms with van der Waals surface area (Å²) in [5.74, 6) is 0. The van der Waals surface area contributed by atoms with E-state index in [-0.39, 0.29) is 34.2 Å². The first-order chi connectivity index (χ1) is 14.7. The van der Waals surface area contributed by atoms with E-state index in [9.17, 15) is 9.59 Å². The molecular formula is C26H46N4O2. The maximum atomic E-state index is 11.7. The molecule has 2 aliphatic rings. The van der Waals surface area contributed by atoms with Gasteiger partial charge >= 0.3 is 0 Å². The Morgan fingerprint density at radius 2 is 1.19 bits per heavy atom. The number of likely N-dealkylation sites (tertiary alicyclic amines) is 2. The van der Waals surface area contributed by atoms with Crippen molar-refractivity contribution in [2.45, 2.75) is 141 Å². The van der Waals surface area contributed by atoms with Gasteiger partial charge in [0.15, 0.2) is 0 Å². The molecule has 2 fully saturated rings. The van der Waals surface area contributed by atoms with Gasteiger partial charge in [0.05, 0.1) is 17.8 Å². The van der Waals surface area contributed by atoms with Gasteiger partial charge in [-0.1, -0.05) is 13.3 Å². The highest BCUT2D eigenvalue weighted by atomic mass is 16.1. The minimum atomic E-state index is -0.222. The summed E-state index contributed by atoms with van der Waals surface area (Å²) in [5.41, 5.74) is 0.182. The number of amides is 2. The number of hydrogen-bond acceptors (Lipinski definition) is 4. The Hall–Kier alpha value is -1.72. The Kier molecular flexibility index (Phi) is 7.99. The van der Waals surface area contributed by atoms with Crippen LogP contribution in [0.3, 0.4) is 0 Å². The molecular weight excluding hydrogens is 400 g/mol. The van der Waals surface area contributed by atoms with Gasteiger partial charge in [0.25, 0.3) is 0 Å². The number of aliphatic imine (C=N–C) groups is 2. The van der Waals surface area contributed by atoms with Gasteiger partial charge in [0, 0.05) is 28.4 Å². The van der Waals surface area contributed by atoms with Gasteiger partial charge in [0.2, 0.25) is 12.8 Å². The summed E-state index contributed by atoms with van der Waals surface area (Å²) in [5, 5.41) is 0. The van der Waals surface area contributed by atoms with Gasteiger partial charge in [-0.2, -0.15) is 0 Å². The Morgan fingerprint density at radius 1 is 0.781 bits per heavy atom. The lowest BCUT2D eigenvalue weighted by Gasteiger charge is -2.53. The minimum absolute atomic E-state index is 0.174. The lowest BCUT2D eigenvalue weighted by molar-refractivity contribution is -0.136. The average Bonchev–Trinajstić information content (AvgIpc) is 2.60. The van der Waals surface area contributed by atoms with Crippen molar-refractivity contribution < 1.29 is 9.59 Å². The van der Waals surface area contributed by atoms with Crippen LogP contribution in [0, 0.1) is 0 Å². The molecule has 0 atom stereocenters. The van der Waals surface area contributed by atoms with Crippen molar-refractivity contribution in [3.63, 3.8) is 0 Å². The van der Waals surface area contributed by atoms with Gasteiger partial charge in [-0.3, -0.25) is 19.6 Å². The maximum absolute atomic E-state index is 11.7. The fourth-order valence-corrected chi connectivity index (χ4v) is 6.20. The zero-order chi connectivity index (χ0) is 24.4. The molecule has 0 saturated carbocycles. The third kappa shape index (κ3) is 5.99. The second-order valence-electron chi connectivity index (χ2n) is 12.3. The molecule has 2 heterocycles. The normalized spacial score (nSPS) is 25.8. The van der Waals surface area contributed by atoms with E-state index in [0.29, 0.717) is 0 Å². The van der Waals surface area contributed by atoms with E-state index in [1.165, 1.54) is 0 Å². The Bertz CT molecular complexity index is 700. The fraction of sp³-hybridized carbons (Fsp3) is 0.846. The van der Waals surface area contributed by atoms with Crippen molar-refractivity contribution in [2.24, 2.45) is 9.98 Å². The SMILES string of the molecule is CCCCC(C=NC1CC(C)(C)N(C=O)C(C)(C)C1)=NC1CC(C)(C)N(C=O)C(C)(C)C1. The molecule has 2 saturated heterocycles. The van der Waals surface area contributed by atoms with E-state index in [4.69, 9.17) is 9.98 Å². The smallest absolute Gasteiger partial charge is 0.210 e. The lowest BCUT2D eigenvalue weighted by atomic mass is 9.77. The van der Waals surface area contributed by atoms with Crippen LogP contribution in [0.2, 0.25) is 0 Å². The minimum Gasteiger partial charge on any atom is -0.335 e. The molecule has 6 nitrogen and oxygen atoms in total. The lowest BCUT2D eigenvalue weighted by Crippen LogP contribution is -2.61. The number of nitrogens with zero attached hydrogens (tertiary/aromatic N) is 4. The zero-order valence-electron chi connectivity index (χ0n) is 21.9. The second-order valence-corrected chi connectivity index (χ2v) is 12.3. The number of carbonyl (C=O) groups excluding carboxylic acids is 2. The number of rotatable bonds is 8. The molecule has 182 valence electrons. The van der Waals surface area contributed by atoms with Crippen molar-refractivity contribution >= 4 is 24.7 Å². The first-order valence-electron chi connectivity index (χ1n) is 12.3. The number of hydrogen-bond donors (Lipinski definition) is 0. The summed E-state index contributed by atoms with van der Waals surface area (Å²) in [6.07, 6.45) is 10.5. The second kappa shape index (κ2) is 9.64. The predicted molar refractivity (Wildman–Crippen MR) is 134 cm³/mol. The Balaban J connectivity index is 2.25. The molecule has 0 N–H and O–H groups in total. The van der Waals surface area contributed by atoms with Crippen molar-refractivity contribution in [2.75, 3.05) is 0 Å². The monoisotopic (exact) mass is 446 g/mol. The highest BCUT2D eigenvalue weighted by molar-refractivity contribution is 6.30. The number of unbranched alkanes of at least 4 members (excludes halogenated alkanes) is 1. The predicted octanol–water partition coefficient (Wildman–Crippen LogP) is 5.04. The number of carbonyl (C=O) groups is 2. The van der Waals surface area contributed by atoms with Gasteiger partial charge < -0.3 is 9.80 Å². The molecule has 0 radical (unpaired) electrons. The van der Waals surface area contributed by atoms with Crippen molar-refractivity contribution in [3.8, 4) is 0 Å². The van der Waals surface area contributed by atoms with Gasteiger partial charge in [-0.25, -0.2) is 0 Å². The molecule has 0 bridgehead atoms. The van der Waals surface area contributed by atoms with Crippen LogP contribution >= 0.6 is 0 Å². The van der Waals surface area contributed by atoms with E-state index < -0.39 is 0 Å². The molecule has 0 aromatic heterocycles. The van der Waals surface area contributed by atoms with Crippen LogP contribution < -0.4 is 0 Å². The van der Waals surface area contributed by atoms with Crippen LogP contribution in [0.15, 0.2) is 9.98 Å². The van der Waals surface area contributed by atoms with Gasteiger partial charge in [-0.15, -0.1) is 0 Å². The summed E-state index contributed by atoms with van der Waals surface area (Å²) in [7, 11) is 0. The van der Waals surface area contributed by atoms with Crippen LogP contribution in [-0.4, -0.2) is 68.8 Å².